The van der Waals surface area contributed by atoms with Crippen LogP contribution in [-0.2, 0) is 5.60 Å². The van der Waals surface area contributed by atoms with Crippen molar-refractivity contribution in [3.63, 3.8) is 0 Å². The first-order valence-electron chi connectivity index (χ1n) is 6.05. The Balaban J connectivity index is 2.71. The van der Waals surface area contributed by atoms with Gasteiger partial charge < -0.3 is 10.4 Å². The third kappa shape index (κ3) is 4.10. The second-order valence-electron chi connectivity index (χ2n) is 5.10. The van der Waals surface area contributed by atoms with Gasteiger partial charge in [-0.1, -0.05) is 26.0 Å². The van der Waals surface area contributed by atoms with Crippen LogP contribution >= 0.6 is 0 Å². The zero-order valence-corrected chi connectivity index (χ0v) is 11.0. The summed E-state index contributed by atoms with van der Waals surface area (Å²) in [5, 5.41) is 13.6. The third-order valence-corrected chi connectivity index (χ3v) is 2.96. The predicted molar refractivity (Wildman–Crippen MR) is 68.5 cm³/mol. The minimum absolute atomic E-state index is 0.264. The largest absolute Gasteiger partial charge is 0.385 e. The van der Waals surface area contributed by atoms with Crippen LogP contribution < -0.4 is 5.32 Å². The second kappa shape index (κ2) is 5.61. The van der Waals surface area contributed by atoms with Crippen molar-refractivity contribution in [1.82, 2.24) is 5.32 Å². The molecule has 2 N–H and O–H groups in total. The number of hydrogen-bond acceptors (Lipinski definition) is 2. The summed E-state index contributed by atoms with van der Waals surface area (Å²) < 4.78 is 13.4. The molecule has 1 atom stereocenters. The van der Waals surface area contributed by atoms with Crippen molar-refractivity contribution < 1.29 is 9.50 Å². The van der Waals surface area contributed by atoms with E-state index >= 15 is 0 Å². The lowest BCUT2D eigenvalue weighted by atomic mass is 9.91. The fourth-order valence-electron chi connectivity index (χ4n) is 1.68. The number of aliphatic hydroxyl groups is 1. The predicted octanol–water partition coefficient (Wildman–Crippen LogP) is 2.73. The fraction of sp³-hybridized carbons (Fsp3) is 0.571. The van der Waals surface area contributed by atoms with E-state index in [0.29, 0.717) is 30.1 Å². The Morgan fingerprint density at radius 3 is 2.59 bits per heavy atom. The summed E-state index contributed by atoms with van der Waals surface area (Å²) in [5.41, 5.74) is 0.243. The second-order valence-corrected chi connectivity index (χ2v) is 5.10. The highest BCUT2D eigenvalue weighted by atomic mass is 19.1. The Kier molecular flexibility index (Phi) is 4.66. The fourth-order valence-corrected chi connectivity index (χ4v) is 1.68. The number of halogens is 1. The summed E-state index contributed by atoms with van der Waals surface area (Å²) in [6, 6.07) is 5.30. The lowest BCUT2D eigenvalue weighted by Crippen LogP contribution is -2.31. The van der Waals surface area contributed by atoms with Gasteiger partial charge in [0.2, 0.25) is 0 Å². The molecule has 1 rings (SSSR count). The number of rotatable bonds is 5. The van der Waals surface area contributed by atoms with Crippen molar-refractivity contribution in [3.05, 3.63) is 35.1 Å². The van der Waals surface area contributed by atoms with E-state index in [-0.39, 0.29) is 5.82 Å². The smallest absolute Gasteiger partial charge is 0.126 e. The van der Waals surface area contributed by atoms with Crippen LogP contribution in [0.4, 0.5) is 4.39 Å². The van der Waals surface area contributed by atoms with Gasteiger partial charge in [0.25, 0.3) is 0 Å². The first-order valence-corrected chi connectivity index (χ1v) is 6.05. The van der Waals surface area contributed by atoms with Gasteiger partial charge in [0.05, 0.1) is 5.60 Å². The Labute approximate surface area is 103 Å². The minimum Gasteiger partial charge on any atom is -0.385 e. The van der Waals surface area contributed by atoms with E-state index in [1.807, 2.05) is 0 Å². The van der Waals surface area contributed by atoms with Gasteiger partial charge in [-0.3, -0.25) is 0 Å². The molecule has 0 heterocycles. The lowest BCUT2D eigenvalue weighted by molar-refractivity contribution is 0.0472. The van der Waals surface area contributed by atoms with Crippen molar-refractivity contribution in [2.45, 2.75) is 45.8 Å². The number of hydrogen-bond donors (Lipinski definition) is 2. The molecule has 96 valence electrons. The molecule has 0 radical (unpaired) electrons. The molecule has 0 fully saturated rings. The SMILES string of the molecule is Cc1ccc(C(C)(O)CCNC(C)C)cc1F. The Bertz CT molecular complexity index is 374. The molecule has 0 aliphatic heterocycles. The van der Waals surface area contributed by atoms with Gasteiger partial charge in [0.15, 0.2) is 0 Å². The summed E-state index contributed by atoms with van der Waals surface area (Å²) in [7, 11) is 0. The van der Waals surface area contributed by atoms with Crippen molar-refractivity contribution in [2.24, 2.45) is 0 Å². The highest BCUT2D eigenvalue weighted by Gasteiger charge is 2.23. The summed E-state index contributed by atoms with van der Waals surface area (Å²) in [6.07, 6.45) is 0.563. The highest BCUT2D eigenvalue weighted by Crippen LogP contribution is 2.25. The Morgan fingerprint density at radius 1 is 1.41 bits per heavy atom. The number of nitrogens with one attached hydrogen (secondary N) is 1. The summed E-state index contributed by atoms with van der Waals surface area (Å²) >= 11 is 0. The zero-order valence-electron chi connectivity index (χ0n) is 11.0. The maximum atomic E-state index is 13.4. The van der Waals surface area contributed by atoms with Gasteiger partial charge in [-0.15, -0.1) is 0 Å². The van der Waals surface area contributed by atoms with Crippen LogP contribution in [0.5, 0.6) is 0 Å². The van der Waals surface area contributed by atoms with E-state index in [4.69, 9.17) is 0 Å². The van der Waals surface area contributed by atoms with Crippen LogP contribution in [0.25, 0.3) is 0 Å². The molecule has 0 spiro atoms. The molecule has 0 saturated carbocycles. The average Bonchev–Trinajstić information content (AvgIpc) is 2.21. The van der Waals surface area contributed by atoms with E-state index in [0.717, 1.165) is 0 Å². The van der Waals surface area contributed by atoms with Gasteiger partial charge in [0, 0.05) is 6.04 Å². The maximum absolute atomic E-state index is 13.4. The molecule has 2 nitrogen and oxygen atoms in total. The Morgan fingerprint density at radius 2 is 2.06 bits per heavy atom. The van der Waals surface area contributed by atoms with Gasteiger partial charge in [0.1, 0.15) is 5.82 Å². The molecular weight excluding hydrogens is 217 g/mol. The number of aryl methyl sites for hydroxylation is 1. The quantitative estimate of drug-likeness (QED) is 0.828. The van der Waals surface area contributed by atoms with Crippen LogP contribution in [0, 0.1) is 12.7 Å². The van der Waals surface area contributed by atoms with Gasteiger partial charge in [-0.05, 0) is 44.0 Å². The van der Waals surface area contributed by atoms with Crippen molar-refractivity contribution in [1.29, 1.82) is 0 Å². The summed E-state index contributed by atoms with van der Waals surface area (Å²) in [6.45, 7) is 8.26. The molecule has 0 bridgehead atoms. The van der Waals surface area contributed by atoms with Gasteiger partial charge >= 0.3 is 0 Å². The first-order chi connectivity index (χ1) is 7.83. The van der Waals surface area contributed by atoms with Crippen LogP contribution in [0.3, 0.4) is 0 Å². The highest BCUT2D eigenvalue weighted by molar-refractivity contribution is 5.27. The summed E-state index contributed by atoms with van der Waals surface area (Å²) in [5.74, 6) is -0.264. The molecule has 0 amide bonds. The van der Waals surface area contributed by atoms with Gasteiger partial charge in [-0.2, -0.15) is 0 Å². The van der Waals surface area contributed by atoms with Crippen molar-refractivity contribution in [3.8, 4) is 0 Å². The molecule has 1 aromatic carbocycles. The molecule has 0 aromatic heterocycles. The van der Waals surface area contributed by atoms with E-state index in [1.54, 1.807) is 26.0 Å². The first kappa shape index (κ1) is 14.1. The molecule has 1 aromatic rings. The van der Waals surface area contributed by atoms with E-state index in [9.17, 15) is 9.50 Å². The standard InChI is InChI=1S/C14H22FNO/c1-10(2)16-8-7-14(4,17)12-6-5-11(3)13(15)9-12/h5-6,9-10,16-17H,7-8H2,1-4H3. The van der Waals surface area contributed by atoms with Crippen LogP contribution in [0.1, 0.15) is 38.3 Å². The van der Waals surface area contributed by atoms with E-state index < -0.39 is 5.60 Å². The average molecular weight is 239 g/mol. The topological polar surface area (TPSA) is 32.3 Å². The molecule has 0 saturated heterocycles. The molecule has 17 heavy (non-hydrogen) atoms. The lowest BCUT2D eigenvalue weighted by Gasteiger charge is -2.25. The van der Waals surface area contributed by atoms with Crippen LogP contribution in [-0.4, -0.2) is 17.7 Å². The Hall–Kier alpha value is -0.930. The molecule has 1 unspecified atom stereocenters. The number of benzene rings is 1. The van der Waals surface area contributed by atoms with Crippen LogP contribution in [0.2, 0.25) is 0 Å². The molecule has 0 aliphatic rings. The normalized spacial score (nSPS) is 15.0. The third-order valence-electron chi connectivity index (χ3n) is 2.96. The minimum atomic E-state index is -0.990. The van der Waals surface area contributed by atoms with E-state index in [1.165, 1.54) is 6.07 Å². The molecular formula is C14H22FNO. The van der Waals surface area contributed by atoms with Gasteiger partial charge in [-0.25, -0.2) is 4.39 Å². The zero-order chi connectivity index (χ0) is 13.1. The van der Waals surface area contributed by atoms with Crippen LogP contribution in [0.15, 0.2) is 18.2 Å². The maximum Gasteiger partial charge on any atom is 0.126 e. The monoisotopic (exact) mass is 239 g/mol. The van der Waals surface area contributed by atoms with Crippen molar-refractivity contribution in [2.75, 3.05) is 6.54 Å². The molecule has 0 aliphatic carbocycles. The summed E-state index contributed by atoms with van der Waals surface area (Å²) in [4.78, 5) is 0. The molecule has 3 heteroatoms. The van der Waals surface area contributed by atoms with E-state index in [2.05, 4.69) is 19.2 Å². The van der Waals surface area contributed by atoms with Crippen molar-refractivity contribution >= 4 is 0 Å².